The van der Waals surface area contributed by atoms with Crippen LogP contribution in [0.1, 0.15) is 39.4 Å². The van der Waals surface area contributed by atoms with Crippen LogP contribution in [0.4, 0.5) is 5.82 Å². The van der Waals surface area contributed by atoms with E-state index in [4.69, 9.17) is 14.2 Å². The number of anilines is 1. The Morgan fingerprint density at radius 3 is 2.73 bits per heavy atom. The lowest BCUT2D eigenvalue weighted by molar-refractivity contribution is -0.0440. The summed E-state index contributed by atoms with van der Waals surface area (Å²) in [6.45, 7) is 1.57. The molecule has 4 N–H and O–H groups in total. The van der Waals surface area contributed by atoms with E-state index in [9.17, 15) is 19.8 Å². The maximum Gasteiger partial charge on any atom is 0.251 e. The number of aromatic nitrogens is 4. The zero-order valence-corrected chi connectivity index (χ0v) is 21.4. The van der Waals surface area contributed by atoms with Crippen LogP contribution in [0.15, 0.2) is 55.1 Å². The number of hydrogen-bond donors (Lipinski definition) is 4. The summed E-state index contributed by atoms with van der Waals surface area (Å²) in [4.78, 5) is 38.0. The van der Waals surface area contributed by atoms with Crippen LogP contribution in [0.2, 0.25) is 0 Å². The van der Waals surface area contributed by atoms with E-state index in [2.05, 4.69) is 25.6 Å². The number of aliphatic hydroxyl groups excluding tert-OH is 2. The lowest BCUT2D eigenvalue weighted by Gasteiger charge is -2.23. The van der Waals surface area contributed by atoms with Gasteiger partial charge in [0.15, 0.2) is 40.5 Å². The van der Waals surface area contributed by atoms with Gasteiger partial charge < -0.3 is 35.1 Å². The van der Waals surface area contributed by atoms with Crippen LogP contribution in [0, 0.1) is 0 Å². The molecule has 0 bridgehead atoms. The first-order valence-electron chi connectivity index (χ1n) is 12.6. The van der Waals surface area contributed by atoms with Gasteiger partial charge in [0.1, 0.15) is 24.6 Å². The fraction of sp³-hybridized carbons (Fsp3) is 0.296. The van der Waals surface area contributed by atoms with Crippen molar-refractivity contribution in [3.05, 3.63) is 71.8 Å². The molecule has 1 amide bonds. The molecule has 40 heavy (non-hydrogen) atoms. The molecule has 4 aromatic rings. The first kappa shape index (κ1) is 25.7. The number of nitrogens with one attached hydrogen (secondary N) is 2. The molecule has 1 saturated heterocycles. The summed E-state index contributed by atoms with van der Waals surface area (Å²) in [7, 11) is 0. The molecule has 2 aliphatic heterocycles. The zero-order chi connectivity index (χ0) is 27.8. The lowest BCUT2D eigenvalue weighted by Crippen LogP contribution is -2.46. The molecule has 0 aliphatic carbocycles. The highest BCUT2D eigenvalue weighted by atomic mass is 16.7. The molecule has 206 valence electrons. The largest absolute Gasteiger partial charge is 0.454 e. The van der Waals surface area contributed by atoms with Crippen molar-refractivity contribution in [1.29, 1.82) is 0 Å². The van der Waals surface area contributed by atoms with E-state index in [0.717, 1.165) is 5.56 Å². The van der Waals surface area contributed by atoms with Gasteiger partial charge in [0.25, 0.3) is 5.91 Å². The van der Waals surface area contributed by atoms with Crippen LogP contribution in [-0.4, -0.2) is 73.1 Å². The Balaban J connectivity index is 1.25. The topological polar surface area (TPSA) is 170 Å². The van der Waals surface area contributed by atoms with Crippen molar-refractivity contribution >= 4 is 28.7 Å². The number of imidazole rings is 1. The number of rotatable bonds is 8. The average molecular weight is 547 g/mol. The van der Waals surface area contributed by atoms with Gasteiger partial charge in [-0.2, -0.15) is 0 Å². The summed E-state index contributed by atoms with van der Waals surface area (Å²) in [5.74, 6) is 1.15. The Labute approximate surface area is 227 Å². The van der Waals surface area contributed by atoms with Crippen LogP contribution in [0.5, 0.6) is 11.5 Å². The molecule has 0 saturated carbocycles. The minimum Gasteiger partial charge on any atom is -0.454 e. The molecular weight excluding hydrogens is 520 g/mol. The predicted octanol–water partition coefficient (Wildman–Crippen LogP) is 1.42. The first-order chi connectivity index (χ1) is 19.4. The van der Waals surface area contributed by atoms with E-state index in [1.165, 1.54) is 25.6 Å². The van der Waals surface area contributed by atoms with Gasteiger partial charge in [-0.1, -0.05) is 18.2 Å². The van der Waals surface area contributed by atoms with Crippen molar-refractivity contribution in [2.24, 2.45) is 0 Å². The van der Waals surface area contributed by atoms with Crippen LogP contribution < -0.4 is 20.1 Å². The fourth-order valence-electron chi connectivity index (χ4n) is 4.81. The van der Waals surface area contributed by atoms with E-state index >= 15 is 0 Å². The highest BCUT2D eigenvalue weighted by Crippen LogP contribution is 2.34. The van der Waals surface area contributed by atoms with E-state index in [-0.39, 0.29) is 18.1 Å². The third-order valence-electron chi connectivity index (χ3n) is 6.91. The normalized spacial score (nSPS) is 21.5. The summed E-state index contributed by atoms with van der Waals surface area (Å²) in [6, 6.07) is 11.0. The van der Waals surface area contributed by atoms with Crippen molar-refractivity contribution in [2.45, 2.75) is 37.9 Å². The first-order valence-corrected chi connectivity index (χ1v) is 12.6. The third kappa shape index (κ3) is 4.70. The summed E-state index contributed by atoms with van der Waals surface area (Å²) in [6.07, 6.45) is -0.260. The molecule has 0 unspecified atom stereocenters. The molecule has 0 spiro atoms. The molecular formula is C27H26N6O7. The smallest absolute Gasteiger partial charge is 0.251 e. The number of fused-ring (bicyclic) bond motifs is 2. The minimum atomic E-state index is -1.22. The molecule has 6 rings (SSSR count). The van der Waals surface area contributed by atoms with Crippen LogP contribution in [0.25, 0.3) is 11.2 Å². The van der Waals surface area contributed by atoms with Gasteiger partial charge in [-0.15, -0.1) is 0 Å². The molecule has 1 fully saturated rings. The summed E-state index contributed by atoms with van der Waals surface area (Å²) in [5, 5.41) is 26.8. The van der Waals surface area contributed by atoms with E-state index in [1.54, 1.807) is 22.8 Å². The van der Waals surface area contributed by atoms with Crippen molar-refractivity contribution in [1.82, 2.24) is 24.8 Å². The number of nitrogens with zero attached hydrogens (tertiary/aromatic N) is 4. The Morgan fingerprint density at radius 1 is 1.07 bits per heavy atom. The number of carbonyl (C=O) groups is 2. The van der Waals surface area contributed by atoms with Crippen LogP contribution >= 0.6 is 0 Å². The quantitative estimate of drug-likeness (QED) is 0.236. The zero-order valence-electron chi connectivity index (χ0n) is 21.4. The Kier molecular flexibility index (Phi) is 6.76. The second-order valence-electron chi connectivity index (χ2n) is 9.46. The monoisotopic (exact) mass is 546 g/mol. The standard InChI is InChI=1S/C27H26N6O7/c1-14(35)16-3-2-4-17(8-16)26(37)32-21-23(36)20(10-34)40-27(21)33-12-31-22-24(29-11-30-25(22)33)28-9-15-5-6-18-19(7-15)39-13-38-18/h2-8,11-12,20-21,23,27,34,36H,9-10,13H2,1H3,(H,32,37)(H,28,29,30)/t20-,21-,23-,27-/m1/s1. The molecule has 13 heteroatoms. The van der Waals surface area contributed by atoms with Gasteiger partial charge in [-0.25, -0.2) is 15.0 Å². The fourth-order valence-corrected chi connectivity index (χ4v) is 4.81. The number of benzene rings is 2. The number of ether oxygens (including phenoxy) is 3. The van der Waals surface area contributed by atoms with E-state index < -0.39 is 37.0 Å². The number of aliphatic hydroxyl groups is 2. The number of Topliss-reactive ketones (excluding diaryl/α,β-unsaturated/α-hetero) is 1. The molecule has 2 aromatic carbocycles. The van der Waals surface area contributed by atoms with Crippen LogP contribution in [0.3, 0.4) is 0 Å². The van der Waals surface area contributed by atoms with Crippen molar-refractivity contribution in [2.75, 3.05) is 18.7 Å². The highest BCUT2D eigenvalue weighted by Gasteiger charge is 2.46. The number of ketones is 1. The number of hydrogen-bond acceptors (Lipinski definition) is 11. The predicted molar refractivity (Wildman–Crippen MR) is 140 cm³/mol. The molecule has 4 atom stereocenters. The second-order valence-corrected chi connectivity index (χ2v) is 9.46. The molecule has 2 aliphatic rings. The highest BCUT2D eigenvalue weighted by molar-refractivity contribution is 5.99. The summed E-state index contributed by atoms with van der Waals surface area (Å²) >= 11 is 0. The molecule has 4 heterocycles. The summed E-state index contributed by atoms with van der Waals surface area (Å²) in [5.41, 5.74) is 2.43. The SMILES string of the molecule is CC(=O)c1cccc(C(=O)N[C@@H]2[C@H](O)[C@@H](CO)O[C@H]2n2cnc3c(NCc4ccc5c(c4)OCO5)ncnc32)c1. The Morgan fingerprint density at radius 2 is 1.90 bits per heavy atom. The van der Waals surface area contributed by atoms with E-state index in [0.29, 0.717) is 40.6 Å². The molecule has 13 nitrogen and oxygen atoms in total. The Hall–Kier alpha value is -4.59. The molecule has 0 radical (unpaired) electrons. The molecule has 2 aromatic heterocycles. The van der Waals surface area contributed by atoms with Gasteiger partial charge >= 0.3 is 0 Å². The van der Waals surface area contributed by atoms with E-state index in [1.807, 2.05) is 18.2 Å². The third-order valence-corrected chi connectivity index (χ3v) is 6.91. The van der Waals surface area contributed by atoms with Crippen LogP contribution in [-0.2, 0) is 11.3 Å². The maximum atomic E-state index is 13.1. The van der Waals surface area contributed by atoms with Gasteiger partial charge in [0.2, 0.25) is 6.79 Å². The average Bonchev–Trinajstić information content (AvgIpc) is 3.69. The van der Waals surface area contributed by atoms with Crippen molar-refractivity contribution in [3.63, 3.8) is 0 Å². The van der Waals surface area contributed by atoms with Gasteiger partial charge in [0.05, 0.1) is 12.9 Å². The lowest BCUT2D eigenvalue weighted by atomic mass is 10.1. The number of amides is 1. The number of carbonyl (C=O) groups excluding carboxylic acids is 2. The second kappa shape index (κ2) is 10.5. The Bertz CT molecular complexity index is 1590. The van der Waals surface area contributed by atoms with Crippen molar-refractivity contribution < 1.29 is 34.0 Å². The van der Waals surface area contributed by atoms with Gasteiger partial charge in [0, 0.05) is 17.7 Å². The summed E-state index contributed by atoms with van der Waals surface area (Å²) < 4.78 is 18.3. The van der Waals surface area contributed by atoms with Crippen molar-refractivity contribution in [3.8, 4) is 11.5 Å². The van der Waals surface area contributed by atoms with Gasteiger partial charge in [-0.3, -0.25) is 14.2 Å². The minimum absolute atomic E-state index is 0.176. The van der Waals surface area contributed by atoms with Gasteiger partial charge in [-0.05, 0) is 36.8 Å². The maximum absolute atomic E-state index is 13.1.